The molecule has 1 fully saturated rings. The maximum absolute atomic E-state index is 3.55. The summed E-state index contributed by atoms with van der Waals surface area (Å²) in [6.45, 7) is 12.0. The van der Waals surface area contributed by atoms with E-state index in [-0.39, 0.29) is 5.41 Å². The van der Waals surface area contributed by atoms with Crippen LogP contribution in [0.25, 0.3) is 0 Å². The minimum atomic E-state index is 0.210. The van der Waals surface area contributed by atoms with E-state index < -0.39 is 0 Å². The molecule has 1 aromatic rings. The summed E-state index contributed by atoms with van der Waals surface area (Å²) < 4.78 is 0. The second kappa shape index (κ2) is 6.93. The molecule has 2 rings (SSSR count). The summed E-state index contributed by atoms with van der Waals surface area (Å²) in [4.78, 5) is 2.70. The average Bonchev–Trinajstić information content (AvgIpc) is 2.44. The Kier molecular flexibility index (Phi) is 5.45. The van der Waals surface area contributed by atoms with E-state index >= 15 is 0 Å². The van der Waals surface area contributed by atoms with Crippen LogP contribution >= 0.6 is 0 Å². The Balaban J connectivity index is 2.12. The Morgan fingerprint density at radius 1 is 1.19 bits per heavy atom. The van der Waals surface area contributed by atoms with Gasteiger partial charge in [0.1, 0.15) is 0 Å². The molecule has 1 heterocycles. The molecule has 3 unspecified atom stereocenters. The van der Waals surface area contributed by atoms with Gasteiger partial charge in [0.15, 0.2) is 0 Å². The zero-order valence-electron chi connectivity index (χ0n) is 14.4. The maximum atomic E-state index is 3.55. The molecular weight excluding hydrogens is 256 g/mol. The standard InChI is InChI=1S/C19H32N2/c1-15-11-12-16(2)21(13-15)14-19(3,4)18(20-5)17-9-7-6-8-10-17/h6-10,15-16,18,20H,11-14H2,1-5H3. The molecule has 0 aliphatic carbocycles. The summed E-state index contributed by atoms with van der Waals surface area (Å²) >= 11 is 0. The minimum Gasteiger partial charge on any atom is -0.313 e. The van der Waals surface area contributed by atoms with Gasteiger partial charge >= 0.3 is 0 Å². The van der Waals surface area contributed by atoms with E-state index in [0.29, 0.717) is 12.1 Å². The fraction of sp³-hybridized carbons (Fsp3) is 0.684. The van der Waals surface area contributed by atoms with Crippen molar-refractivity contribution >= 4 is 0 Å². The van der Waals surface area contributed by atoms with E-state index in [1.54, 1.807) is 0 Å². The van der Waals surface area contributed by atoms with E-state index in [1.165, 1.54) is 24.9 Å². The molecule has 1 aromatic carbocycles. The number of hydrogen-bond acceptors (Lipinski definition) is 2. The molecule has 3 atom stereocenters. The monoisotopic (exact) mass is 288 g/mol. The van der Waals surface area contributed by atoms with Gasteiger partial charge in [-0.05, 0) is 43.7 Å². The van der Waals surface area contributed by atoms with Gasteiger partial charge in [0, 0.05) is 25.2 Å². The van der Waals surface area contributed by atoms with Gasteiger partial charge in [0.2, 0.25) is 0 Å². The van der Waals surface area contributed by atoms with Gasteiger partial charge in [0.25, 0.3) is 0 Å². The third-order valence-electron chi connectivity index (χ3n) is 5.06. The van der Waals surface area contributed by atoms with Crippen molar-refractivity contribution in [2.24, 2.45) is 11.3 Å². The molecule has 0 bridgehead atoms. The summed E-state index contributed by atoms with van der Waals surface area (Å²) in [6.07, 6.45) is 2.72. The number of nitrogens with one attached hydrogen (secondary N) is 1. The Morgan fingerprint density at radius 2 is 1.86 bits per heavy atom. The first-order chi connectivity index (χ1) is 9.94. The molecule has 21 heavy (non-hydrogen) atoms. The zero-order chi connectivity index (χ0) is 15.5. The van der Waals surface area contributed by atoms with Crippen LogP contribution in [0.5, 0.6) is 0 Å². The van der Waals surface area contributed by atoms with Crippen molar-refractivity contribution in [3.63, 3.8) is 0 Å². The van der Waals surface area contributed by atoms with Gasteiger partial charge in [-0.1, -0.05) is 51.1 Å². The summed E-state index contributed by atoms with van der Waals surface area (Å²) in [7, 11) is 2.08. The topological polar surface area (TPSA) is 15.3 Å². The van der Waals surface area contributed by atoms with Crippen LogP contribution in [0.3, 0.4) is 0 Å². The largest absolute Gasteiger partial charge is 0.313 e. The van der Waals surface area contributed by atoms with Gasteiger partial charge < -0.3 is 5.32 Å². The average molecular weight is 288 g/mol. The molecule has 2 heteroatoms. The number of rotatable bonds is 5. The van der Waals surface area contributed by atoms with Gasteiger partial charge in [-0.3, -0.25) is 4.90 Å². The molecule has 1 aliphatic rings. The molecule has 0 radical (unpaired) electrons. The Bertz CT molecular complexity index is 426. The van der Waals surface area contributed by atoms with Crippen LogP contribution < -0.4 is 5.32 Å². The van der Waals surface area contributed by atoms with Crippen LogP contribution in [0.15, 0.2) is 30.3 Å². The molecule has 1 aliphatic heterocycles. The fourth-order valence-corrected chi connectivity index (χ4v) is 3.87. The van der Waals surface area contributed by atoms with Gasteiger partial charge in [0.05, 0.1) is 0 Å². The third-order valence-corrected chi connectivity index (χ3v) is 5.06. The smallest absolute Gasteiger partial charge is 0.0381 e. The number of nitrogens with zero attached hydrogens (tertiary/aromatic N) is 1. The van der Waals surface area contributed by atoms with E-state index in [0.717, 1.165) is 12.5 Å². The Labute approximate surface area is 130 Å². The first kappa shape index (κ1) is 16.5. The van der Waals surface area contributed by atoms with Crippen molar-refractivity contribution in [1.82, 2.24) is 10.2 Å². The molecule has 0 aromatic heterocycles. The third kappa shape index (κ3) is 4.08. The lowest BCUT2D eigenvalue weighted by molar-refractivity contribution is 0.0638. The molecule has 1 N–H and O–H groups in total. The van der Waals surface area contributed by atoms with Crippen molar-refractivity contribution in [1.29, 1.82) is 0 Å². The van der Waals surface area contributed by atoms with Crippen LogP contribution in [0, 0.1) is 11.3 Å². The highest BCUT2D eigenvalue weighted by Crippen LogP contribution is 2.36. The van der Waals surface area contributed by atoms with E-state index in [2.05, 4.69) is 75.3 Å². The summed E-state index contributed by atoms with van der Waals surface area (Å²) in [5, 5.41) is 3.55. The fourth-order valence-electron chi connectivity index (χ4n) is 3.87. The summed E-state index contributed by atoms with van der Waals surface area (Å²) in [6, 6.07) is 12.0. The van der Waals surface area contributed by atoms with Crippen LogP contribution in [0.1, 0.15) is 52.1 Å². The van der Waals surface area contributed by atoms with Gasteiger partial charge in [-0.2, -0.15) is 0 Å². The van der Waals surface area contributed by atoms with Crippen LogP contribution in [-0.4, -0.2) is 31.1 Å². The van der Waals surface area contributed by atoms with Gasteiger partial charge in [-0.15, -0.1) is 0 Å². The highest BCUT2D eigenvalue weighted by atomic mass is 15.2. The minimum absolute atomic E-state index is 0.210. The van der Waals surface area contributed by atoms with Crippen LogP contribution in [0.2, 0.25) is 0 Å². The quantitative estimate of drug-likeness (QED) is 0.878. The Morgan fingerprint density at radius 3 is 2.48 bits per heavy atom. The molecule has 0 saturated carbocycles. The van der Waals surface area contributed by atoms with Crippen molar-refractivity contribution in [3.05, 3.63) is 35.9 Å². The van der Waals surface area contributed by atoms with Crippen molar-refractivity contribution in [2.45, 2.75) is 52.6 Å². The highest BCUT2D eigenvalue weighted by molar-refractivity contribution is 5.21. The lowest BCUT2D eigenvalue weighted by atomic mass is 9.79. The number of benzene rings is 1. The molecule has 0 spiro atoms. The normalized spacial score (nSPS) is 25.8. The Hall–Kier alpha value is -0.860. The molecule has 2 nitrogen and oxygen atoms in total. The molecule has 118 valence electrons. The predicted molar refractivity (Wildman–Crippen MR) is 91.5 cm³/mol. The molecule has 1 saturated heterocycles. The number of piperidine rings is 1. The second-order valence-electron chi connectivity index (χ2n) is 7.58. The predicted octanol–water partition coefficient (Wildman–Crippen LogP) is 4.09. The van der Waals surface area contributed by atoms with Crippen molar-refractivity contribution < 1.29 is 0 Å². The summed E-state index contributed by atoms with van der Waals surface area (Å²) in [5.41, 5.74) is 1.60. The number of likely N-dealkylation sites (tertiary alicyclic amines) is 1. The lowest BCUT2D eigenvalue weighted by Crippen LogP contribution is -2.48. The van der Waals surface area contributed by atoms with Gasteiger partial charge in [-0.25, -0.2) is 0 Å². The van der Waals surface area contributed by atoms with E-state index in [9.17, 15) is 0 Å². The second-order valence-corrected chi connectivity index (χ2v) is 7.58. The lowest BCUT2D eigenvalue weighted by Gasteiger charge is -2.44. The number of hydrogen-bond donors (Lipinski definition) is 1. The van der Waals surface area contributed by atoms with E-state index in [1.807, 2.05) is 0 Å². The SMILES string of the molecule is CNC(c1ccccc1)C(C)(C)CN1CC(C)CCC1C. The first-order valence-electron chi connectivity index (χ1n) is 8.40. The summed E-state index contributed by atoms with van der Waals surface area (Å²) in [5.74, 6) is 0.835. The van der Waals surface area contributed by atoms with Crippen molar-refractivity contribution in [3.8, 4) is 0 Å². The maximum Gasteiger partial charge on any atom is 0.0381 e. The van der Waals surface area contributed by atoms with E-state index in [4.69, 9.17) is 0 Å². The van der Waals surface area contributed by atoms with Crippen LogP contribution in [-0.2, 0) is 0 Å². The first-order valence-corrected chi connectivity index (χ1v) is 8.40. The zero-order valence-corrected chi connectivity index (χ0v) is 14.4. The highest BCUT2D eigenvalue weighted by Gasteiger charge is 2.34. The molecular formula is C19H32N2. The molecule has 0 amide bonds. The van der Waals surface area contributed by atoms with Crippen LogP contribution in [0.4, 0.5) is 0 Å². The van der Waals surface area contributed by atoms with Crippen molar-refractivity contribution in [2.75, 3.05) is 20.1 Å².